The van der Waals surface area contributed by atoms with Crippen molar-refractivity contribution in [1.29, 1.82) is 0 Å². The van der Waals surface area contributed by atoms with Gasteiger partial charge in [0.05, 0.1) is 6.54 Å². The quantitative estimate of drug-likeness (QED) is 0.669. The van der Waals surface area contributed by atoms with E-state index in [4.69, 9.17) is 0 Å². The maximum absolute atomic E-state index is 4.61. The van der Waals surface area contributed by atoms with Gasteiger partial charge in [0.15, 0.2) is 11.0 Å². The molecule has 1 aliphatic rings. The molecule has 0 radical (unpaired) electrons. The minimum absolute atomic E-state index is 0.740. The van der Waals surface area contributed by atoms with Gasteiger partial charge in [0.2, 0.25) is 0 Å². The van der Waals surface area contributed by atoms with E-state index < -0.39 is 0 Å². The van der Waals surface area contributed by atoms with Crippen LogP contribution in [0.15, 0.2) is 63.7 Å². The number of fused-ring (bicyclic) bond motifs is 1. The zero-order valence-corrected chi connectivity index (χ0v) is 14.1. The average molecular weight is 338 g/mol. The molecule has 0 fully saturated rings. The van der Waals surface area contributed by atoms with Gasteiger partial charge in [-0.25, -0.2) is 9.67 Å². The highest BCUT2D eigenvalue weighted by atomic mass is 32.2. The smallest absolute Gasteiger partial charge is 0.191 e. The van der Waals surface area contributed by atoms with Crippen LogP contribution in [0.1, 0.15) is 5.56 Å². The molecule has 0 saturated carbocycles. The lowest BCUT2D eigenvalue weighted by Gasteiger charge is -1.99. The SMILES string of the molecule is CSc1ccc(C=C2Cn3nc(-c4cccnc4)nc3S2)cc1. The molecular formula is C17H14N4S2. The fraction of sp³-hybridized carbons (Fsp3) is 0.118. The van der Waals surface area contributed by atoms with Crippen LogP contribution in [0.2, 0.25) is 0 Å². The summed E-state index contributed by atoms with van der Waals surface area (Å²) in [6.45, 7) is 0.775. The Bertz CT molecular complexity index is 829. The normalized spacial score (nSPS) is 15.1. The summed E-state index contributed by atoms with van der Waals surface area (Å²) >= 11 is 3.44. The van der Waals surface area contributed by atoms with E-state index in [1.807, 2.05) is 16.8 Å². The Hall–Kier alpha value is -2.05. The van der Waals surface area contributed by atoms with Gasteiger partial charge >= 0.3 is 0 Å². The molecule has 0 bridgehead atoms. The van der Waals surface area contributed by atoms with Gasteiger partial charge in [-0.3, -0.25) is 4.98 Å². The molecule has 4 nitrogen and oxygen atoms in total. The van der Waals surface area contributed by atoms with Crippen LogP contribution in [0.4, 0.5) is 0 Å². The molecule has 1 aliphatic heterocycles. The fourth-order valence-corrected chi connectivity index (χ4v) is 3.75. The zero-order chi connectivity index (χ0) is 15.6. The first kappa shape index (κ1) is 14.5. The number of hydrogen-bond acceptors (Lipinski definition) is 5. The number of hydrogen-bond donors (Lipinski definition) is 0. The van der Waals surface area contributed by atoms with Crippen molar-refractivity contribution in [3.05, 3.63) is 59.3 Å². The summed E-state index contributed by atoms with van der Waals surface area (Å²) < 4.78 is 1.95. The van der Waals surface area contributed by atoms with Crippen LogP contribution in [-0.4, -0.2) is 26.0 Å². The first-order valence-electron chi connectivity index (χ1n) is 7.19. The van der Waals surface area contributed by atoms with Crippen LogP contribution in [-0.2, 0) is 6.54 Å². The van der Waals surface area contributed by atoms with Crippen LogP contribution in [0.5, 0.6) is 0 Å². The summed E-state index contributed by atoms with van der Waals surface area (Å²) in [6, 6.07) is 12.5. The summed E-state index contributed by atoms with van der Waals surface area (Å²) in [4.78, 5) is 11.3. The maximum atomic E-state index is 4.61. The topological polar surface area (TPSA) is 43.6 Å². The predicted molar refractivity (Wildman–Crippen MR) is 95.3 cm³/mol. The lowest BCUT2D eigenvalue weighted by atomic mass is 10.2. The largest absolute Gasteiger partial charge is 0.264 e. The molecule has 6 heteroatoms. The number of rotatable bonds is 3. The van der Waals surface area contributed by atoms with Crippen LogP contribution < -0.4 is 0 Å². The Morgan fingerprint density at radius 3 is 2.78 bits per heavy atom. The van der Waals surface area contributed by atoms with Crippen molar-refractivity contribution in [2.45, 2.75) is 16.6 Å². The third-order valence-corrected chi connectivity index (χ3v) is 5.27. The van der Waals surface area contributed by atoms with Crippen molar-refractivity contribution in [2.75, 3.05) is 6.26 Å². The molecule has 3 heterocycles. The van der Waals surface area contributed by atoms with Gasteiger partial charge in [0.25, 0.3) is 0 Å². The van der Waals surface area contributed by atoms with Crippen LogP contribution >= 0.6 is 23.5 Å². The van der Waals surface area contributed by atoms with Crippen molar-refractivity contribution in [3.63, 3.8) is 0 Å². The Morgan fingerprint density at radius 2 is 2.09 bits per heavy atom. The molecule has 0 atom stereocenters. The number of nitrogens with zero attached hydrogens (tertiary/aromatic N) is 4. The minimum Gasteiger partial charge on any atom is -0.264 e. The molecule has 0 saturated heterocycles. The van der Waals surface area contributed by atoms with Crippen molar-refractivity contribution in [1.82, 2.24) is 19.7 Å². The highest BCUT2D eigenvalue weighted by molar-refractivity contribution is 8.03. The van der Waals surface area contributed by atoms with Crippen molar-refractivity contribution < 1.29 is 0 Å². The highest BCUT2D eigenvalue weighted by Crippen LogP contribution is 2.36. The van der Waals surface area contributed by atoms with E-state index in [0.717, 1.165) is 23.1 Å². The molecule has 2 aromatic heterocycles. The van der Waals surface area contributed by atoms with Crippen LogP contribution in [0.3, 0.4) is 0 Å². The first-order valence-corrected chi connectivity index (χ1v) is 9.24. The van der Waals surface area contributed by atoms with E-state index in [-0.39, 0.29) is 0 Å². The molecule has 4 rings (SSSR count). The minimum atomic E-state index is 0.740. The van der Waals surface area contributed by atoms with Crippen molar-refractivity contribution >= 4 is 29.6 Å². The first-order chi connectivity index (χ1) is 11.3. The molecule has 23 heavy (non-hydrogen) atoms. The predicted octanol–water partition coefficient (Wildman–Crippen LogP) is 4.21. The molecule has 0 aliphatic carbocycles. The fourth-order valence-electron chi connectivity index (χ4n) is 2.38. The van der Waals surface area contributed by atoms with Gasteiger partial charge in [-0.1, -0.05) is 23.9 Å². The maximum Gasteiger partial charge on any atom is 0.191 e. The monoisotopic (exact) mass is 338 g/mol. The highest BCUT2D eigenvalue weighted by Gasteiger charge is 2.21. The molecule has 0 spiro atoms. The van der Waals surface area contributed by atoms with Crippen LogP contribution in [0.25, 0.3) is 17.5 Å². The summed E-state index contributed by atoms with van der Waals surface area (Å²) in [7, 11) is 0. The summed E-state index contributed by atoms with van der Waals surface area (Å²) in [5.74, 6) is 0.740. The standard InChI is InChI=1S/C17H14N4S2/c1-22-14-6-4-12(5-7-14)9-15-11-21-17(23-15)19-16(20-21)13-3-2-8-18-10-13/h2-10H,11H2,1H3. The van der Waals surface area contributed by atoms with Crippen molar-refractivity contribution in [3.8, 4) is 11.4 Å². The number of thioether (sulfide) groups is 2. The second-order valence-corrected chi connectivity index (χ2v) is 7.08. The van der Waals surface area contributed by atoms with Gasteiger partial charge in [0.1, 0.15) is 0 Å². The average Bonchev–Trinajstić information content (AvgIpc) is 3.15. The molecule has 1 aromatic carbocycles. The lowest BCUT2D eigenvalue weighted by molar-refractivity contribution is 0.647. The third-order valence-electron chi connectivity index (χ3n) is 3.53. The molecule has 0 N–H and O–H groups in total. The van der Waals surface area contributed by atoms with Gasteiger partial charge in [-0.2, -0.15) is 0 Å². The number of benzene rings is 1. The van der Waals surface area contributed by atoms with E-state index in [0.29, 0.717) is 0 Å². The Labute approximate surface area is 143 Å². The Morgan fingerprint density at radius 1 is 1.22 bits per heavy atom. The molecule has 3 aromatic rings. The zero-order valence-electron chi connectivity index (χ0n) is 12.5. The molecular weight excluding hydrogens is 324 g/mol. The number of aromatic nitrogens is 4. The van der Waals surface area contributed by atoms with E-state index in [1.165, 1.54) is 15.4 Å². The lowest BCUT2D eigenvalue weighted by Crippen LogP contribution is -1.95. The number of pyridine rings is 1. The Balaban J connectivity index is 1.54. The van der Waals surface area contributed by atoms with Gasteiger partial charge in [-0.05, 0) is 42.2 Å². The second kappa shape index (κ2) is 6.22. The van der Waals surface area contributed by atoms with E-state index in [9.17, 15) is 0 Å². The van der Waals surface area contributed by atoms with Crippen LogP contribution in [0, 0.1) is 0 Å². The van der Waals surface area contributed by atoms with E-state index in [1.54, 1.807) is 35.9 Å². The molecule has 114 valence electrons. The van der Waals surface area contributed by atoms with E-state index in [2.05, 4.69) is 51.7 Å². The van der Waals surface area contributed by atoms with Gasteiger partial charge in [0, 0.05) is 27.8 Å². The Kier molecular flexibility index (Phi) is 3.93. The summed E-state index contributed by atoms with van der Waals surface area (Å²) in [5.41, 5.74) is 2.16. The van der Waals surface area contributed by atoms with Crippen molar-refractivity contribution in [2.24, 2.45) is 0 Å². The van der Waals surface area contributed by atoms with E-state index >= 15 is 0 Å². The summed E-state index contributed by atoms with van der Waals surface area (Å²) in [5, 5.41) is 5.52. The molecule has 0 amide bonds. The second-order valence-electron chi connectivity index (χ2n) is 5.10. The molecule has 0 unspecified atom stereocenters. The summed E-state index contributed by atoms with van der Waals surface area (Å²) in [6.07, 6.45) is 7.84. The van der Waals surface area contributed by atoms with Gasteiger partial charge < -0.3 is 0 Å². The van der Waals surface area contributed by atoms with Gasteiger partial charge in [-0.15, -0.1) is 16.9 Å². The number of allylic oxidation sites excluding steroid dienone is 1. The third kappa shape index (κ3) is 3.04.